The molecule has 2 aliphatic heterocycles. The van der Waals surface area contributed by atoms with Gasteiger partial charge in [-0.3, -0.25) is 4.98 Å². The molecule has 1 N–H and O–H groups in total. The van der Waals surface area contributed by atoms with Gasteiger partial charge >= 0.3 is 6.09 Å². The smallest absolute Gasteiger partial charge is 0.410 e. The molecule has 0 spiro atoms. The predicted molar refractivity (Wildman–Crippen MR) is 113 cm³/mol. The summed E-state index contributed by atoms with van der Waals surface area (Å²) in [6.45, 7) is 6.81. The summed E-state index contributed by atoms with van der Waals surface area (Å²) in [4.78, 5) is 18.4. The summed E-state index contributed by atoms with van der Waals surface area (Å²) >= 11 is 0. The van der Waals surface area contributed by atoms with Gasteiger partial charge in [0.1, 0.15) is 0 Å². The first-order valence-electron chi connectivity index (χ1n) is 10.7. The lowest BCUT2D eigenvalue weighted by atomic mass is 9.92. The van der Waals surface area contributed by atoms with Gasteiger partial charge in [0.25, 0.3) is 0 Å². The number of para-hydroxylation sites is 1. The molecule has 6 nitrogen and oxygen atoms in total. The maximum Gasteiger partial charge on any atom is 0.410 e. The van der Waals surface area contributed by atoms with Crippen molar-refractivity contribution in [2.75, 3.05) is 26.3 Å². The van der Waals surface area contributed by atoms with Crippen LogP contribution in [-0.4, -0.2) is 60.5 Å². The number of pyridine rings is 1. The van der Waals surface area contributed by atoms with E-state index in [9.17, 15) is 4.79 Å². The number of hydrogen-bond acceptors (Lipinski definition) is 5. The second kappa shape index (κ2) is 9.09. The highest BCUT2D eigenvalue weighted by atomic mass is 16.6. The van der Waals surface area contributed by atoms with Crippen molar-refractivity contribution in [3.8, 4) is 0 Å². The lowest BCUT2D eigenvalue weighted by Crippen LogP contribution is -2.50. The van der Waals surface area contributed by atoms with Crippen molar-refractivity contribution in [3.05, 3.63) is 42.1 Å². The third-order valence-corrected chi connectivity index (χ3v) is 5.96. The maximum atomic E-state index is 12.1. The number of carbonyl (C=O) groups is 1. The van der Waals surface area contributed by atoms with Crippen molar-refractivity contribution in [2.45, 2.75) is 51.3 Å². The molecule has 0 aliphatic carbocycles. The van der Waals surface area contributed by atoms with Gasteiger partial charge < -0.3 is 19.7 Å². The molecule has 1 aromatic heterocycles. The number of ether oxygens (including phenoxy) is 2. The number of amides is 1. The summed E-state index contributed by atoms with van der Waals surface area (Å²) in [5.41, 5.74) is 2.39. The molecule has 2 aromatic rings. The highest BCUT2D eigenvalue weighted by Gasteiger charge is 2.32. The minimum Gasteiger partial charge on any atom is -0.447 e. The monoisotopic (exact) mass is 397 g/mol. The van der Waals surface area contributed by atoms with Gasteiger partial charge in [-0.05, 0) is 50.8 Å². The van der Waals surface area contributed by atoms with Crippen molar-refractivity contribution in [1.82, 2.24) is 15.2 Å². The van der Waals surface area contributed by atoms with E-state index in [1.54, 1.807) is 0 Å². The van der Waals surface area contributed by atoms with Crippen molar-refractivity contribution in [1.29, 1.82) is 0 Å². The number of hydrogen-bond donors (Lipinski definition) is 1. The zero-order valence-corrected chi connectivity index (χ0v) is 17.3. The van der Waals surface area contributed by atoms with Gasteiger partial charge in [0.2, 0.25) is 0 Å². The Balaban J connectivity index is 1.33. The van der Waals surface area contributed by atoms with E-state index in [2.05, 4.69) is 34.6 Å². The minimum atomic E-state index is -0.190. The van der Waals surface area contributed by atoms with Crippen LogP contribution < -0.4 is 5.32 Å². The second-order valence-corrected chi connectivity index (χ2v) is 8.46. The molecule has 156 valence electrons. The standard InChI is InChI=1S/C23H31N3O3/c1-16(2)29-23(27)26-11-8-19(9-12-26)25-22-15-28-14-18(22)13-17-7-10-24-21-6-4-3-5-20(17)21/h3-7,10,16,18-19,22,25H,8-9,11-15H2,1-2H3/t18-,22-/m1/s1. The topological polar surface area (TPSA) is 63.7 Å². The molecule has 29 heavy (non-hydrogen) atoms. The summed E-state index contributed by atoms with van der Waals surface area (Å²) in [5.74, 6) is 0.449. The van der Waals surface area contributed by atoms with Gasteiger partial charge in [0.15, 0.2) is 0 Å². The van der Waals surface area contributed by atoms with Gasteiger partial charge in [0, 0.05) is 42.7 Å². The molecule has 3 heterocycles. The van der Waals surface area contributed by atoms with Crippen LogP contribution in [-0.2, 0) is 15.9 Å². The molecule has 2 saturated heterocycles. The Morgan fingerprint density at radius 3 is 2.83 bits per heavy atom. The Morgan fingerprint density at radius 2 is 2.03 bits per heavy atom. The zero-order valence-electron chi connectivity index (χ0n) is 17.3. The van der Waals surface area contributed by atoms with E-state index in [-0.39, 0.29) is 12.2 Å². The molecule has 4 rings (SSSR count). The Morgan fingerprint density at radius 1 is 1.24 bits per heavy atom. The number of carbonyl (C=O) groups excluding carboxylic acids is 1. The van der Waals surface area contributed by atoms with Gasteiger partial charge in [-0.1, -0.05) is 18.2 Å². The van der Waals surface area contributed by atoms with E-state index < -0.39 is 0 Å². The number of rotatable bonds is 5. The van der Waals surface area contributed by atoms with E-state index in [0.29, 0.717) is 18.0 Å². The van der Waals surface area contributed by atoms with Crippen LogP contribution in [0, 0.1) is 5.92 Å². The number of piperidine rings is 1. The van der Waals surface area contributed by atoms with Crippen molar-refractivity contribution >= 4 is 17.0 Å². The Kier molecular flexibility index (Phi) is 6.31. The van der Waals surface area contributed by atoms with E-state index in [1.165, 1.54) is 10.9 Å². The molecule has 2 aliphatic rings. The number of nitrogens with zero attached hydrogens (tertiary/aromatic N) is 2. The Bertz CT molecular complexity index is 828. The molecule has 1 aromatic carbocycles. The quantitative estimate of drug-likeness (QED) is 0.838. The zero-order chi connectivity index (χ0) is 20.2. The summed E-state index contributed by atoms with van der Waals surface area (Å²) in [6.07, 6.45) is 4.54. The first kappa shape index (κ1) is 20.1. The summed E-state index contributed by atoms with van der Waals surface area (Å²) < 4.78 is 11.2. The van der Waals surface area contributed by atoms with E-state index in [4.69, 9.17) is 9.47 Å². The van der Waals surface area contributed by atoms with Crippen LogP contribution in [0.25, 0.3) is 10.9 Å². The molecule has 6 heteroatoms. The van der Waals surface area contributed by atoms with Crippen LogP contribution in [0.15, 0.2) is 36.5 Å². The fraction of sp³-hybridized carbons (Fsp3) is 0.565. The lowest BCUT2D eigenvalue weighted by Gasteiger charge is -2.34. The number of aromatic nitrogens is 1. The molecule has 0 saturated carbocycles. The highest BCUT2D eigenvalue weighted by Crippen LogP contribution is 2.25. The first-order chi connectivity index (χ1) is 14.1. The molecule has 0 bridgehead atoms. The number of fused-ring (bicyclic) bond motifs is 1. The molecule has 2 atom stereocenters. The average molecular weight is 398 g/mol. The van der Waals surface area contributed by atoms with Crippen LogP contribution in [0.2, 0.25) is 0 Å². The molecular weight excluding hydrogens is 366 g/mol. The van der Waals surface area contributed by atoms with Gasteiger partial charge in [0.05, 0.1) is 24.8 Å². The van der Waals surface area contributed by atoms with Crippen molar-refractivity contribution < 1.29 is 14.3 Å². The maximum absolute atomic E-state index is 12.1. The summed E-state index contributed by atoms with van der Waals surface area (Å²) in [7, 11) is 0. The molecule has 0 radical (unpaired) electrons. The molecule has 0 unspecified atom stereocenters. The first-order valence-corrected chi connectivity index (χ1v) is 10.7. The second-order valence-electron chi connectivity index (χ2n) is 8.46. The summed E-state index contributed by atoms with van der Waals surface area (Å²) in [6, 6.07) is 11.2. The SMILES string of the molecule is CC(C)OC(=O)N1CCC(N[C@@H]2COC[C@H]2Cc2ccnc3ccccc23)CC1. The number of likely N-dealkylation sites (tertiary alicyclic amines) is 1. The molecule has 2 fully saturated rings. The Hall–Kier alpha value is -2.18. The predicted octanol–water partition coefficient (Wildman–Crippen LogP) is 3.39. The van der Waals surface area contributed by atoms with Crippen LogP contribution in [0.4, 0.5) is 4.79 Å². The van der Waals surface area contributed by atoms with Crippen LogP contribution in [0.3, 0.4) is 0 Å². The summed E-state index contributed by atoms with van der Waals surface area (Å²) in [5, 5.41) is 5.05. The van der Waals surface area contributed by atoms with Crippen molar-refractivity contribution in [2.24, 2.45) is 5.92 Å². The fourth-order valence-electron chi connectivity index (χ4n) is 4.41. The lowest BCUT2D eigenvalue weighted by molar-refractivity contribution is 0.0668. The highest BCUT2D eigenvalue weighted by molar-refractivity contribution is 5.81. The van der Waals surface area contributed by atoms with Gasteiger partial charge in [-0.25, -0.2) is 4.79 Å². The number of benzene rings is 1. The van der Waals surface area contributed by atoms with Gasteiger partial charge in [-0.15, -0.1) is 0 Å². The van der Waals surface area contributed by atoms with E-state index >= 15 is 0 Å². The van der Waals surface area contributed by atoms with Crippen LogP contribution in [0.5, 0.6) is 0 Å². The third kappa shape index (κ3) is 4.87. The normalized spacial score (nSPS) is 23.1. The largest absolute Gasteiger partial charge is 0.447 e. The third-order valence-electron chi connectivity index (χ3n) is 5.96. The fourth-order valence-corrected chi connectivity index (χ4v) is 4.41. The number of nitrogens with one attached hydrogen (secondary N) is 1. The molecule has 1 amide bonds. The van der Waals surface area contributed by atoms with Gasteiger partial charge in [-0.2, -0.15) is 0 Å². The molecular formula is C23H31N3O3. The minimum absolute atomic E-state index is 0.0704. The van der Waals surface area contributed by atoms with Crippen LogP contribution in [0.1, 0.15) is 32.3 Å². The average Bonchev–Trinajstić information content (AvgIpc) is 3.15. The van der Waals surface area contributed by atoms with E-state index in [0.717, 1.165) is 51.1 Å². The van der Waals surface area contributed by atoms with Crippen LogP contribution >= 0.6 is 0 Å². The Labute approximate surface area is 172 Å². The van der Waals surface area contributed by atoms with E-state index in [1.807, 2.05) is 31.0 Å². The van der Waals surface area contributed by atoms with Crippen molar-refractivity contribution in [3.63, 3.8) is 0 Å².